The molecule has 3 aromatic rings. The number of benzene rings is 2. The maximum atomic E-state index is 12.5. The van der Waals surface area contributed by atoms with Crippen LogP contribution in [0.3, 0.4) is 0 Å². The molecule has 1 fully saturated rings. The molecular formula is C23H24ClN3OS. The minimum atomic E-state index is 0.257. The standard InChI is InChI=1S/C23H24ClN3OS/c24-20-9-7-19(8-10-20)23-25-21(17-29-23)16-26-12-14-27(15-13-26)22(28)11-6-18-4-2-1-3-5-18/h1-5,7-10,17H,6,11-16H2. The number of aryl methyl sites for hydroxylation is 1. The summed E-state index contributed by atoms with van der Waals surface area (Å²) in [4.78, 5) is 21.7. The summed E-state index contributed by atoms with van der Waals surface area (Å²) < 4.78 is 0. The number of hydrogen-bond donors (Lipinski definition) is 0. The smallest absolute Gasteiger partial charge is 0.222 e. The van der Waals surface area contributed by atoms with Crippen LogP contribution in [0.2, 0.25) is 5.02 Å². The highest BCUT2D eigenvalue weighted by atomic mass is 35.5. The average molecular weight is 426 g/mol. The molecule has 1 aliphatic rings. The summed E-state index contributed by atoms with van der Waals surface area (Å²) in [6, 6.07) is 18.0. The number of carbonyl (C=O) groups excluding carboxylic acids is 1. The van der Waals surface area contributed by atoms with E-state index in [9.17, 15) is 4.79 Å². The second kappa shape index (κ2) is 9.53. The maximum Gasteiger partial charge on any atom is 0.222 e. The number of hydrogen-bond acceptors (Lipinski definition) is 4. The summed E-state index contributed by atoms with van der Waals surface area (Å²) in [5.41, 5.74) is 3.41. The van der Waals surface area contributed by atoms with E-state index in [0.29, 0.717) is 6.42 Å². The molecule has 0 atom stereocenters. The molecule has 2 heterocycles. The normalized spacial score (nSPS) is 14.9. The Morgan fingerprint density at radius 2 is 1.72 bits per heavy atom. The highest BCUT2D eigenvalue weighted by molar-refractivity contribution is 7.13. The highest BCUT2D eigenvalue weighted by Gasteiger charge is 2.21. The van der Waals surface area contributed by atoms with Crippen molar-refractivity contribution in [3.05, 3.63) is 76.3 Å². The van der Waals surface area contributed by atoms with Gasteiger partial charge in [0.25, 0.3) is 0 Å². The van der Waals surface area contributed by atoms with Crippen molar-refractivity contribution in [3.63, 3.8) is 0 Å². The molecule has 2 aromatic carbocycles. The van der Waals surface area contributed by atoms with Gasteiger partial charge >= 0.3 is 0 Å². The zero-order valence-corrected chi connectivity index (χ0v) is 17.8. The second-order valence-electron chi connectivity index (χ2n) is 7.29. The van der Waals surface area contributed by atoms with Gasteiger partial charge in [0.2, 0.25) is 5.91 Å². The molecule has 0 unspecified atom stereocenters. The number of nitrogens with zero attached hydrogens (tertiary/aromatic N) is 3. The lowest BCUT2D eigenvalue weighted by molar-refractivity contribution is -0.133. The van der Waals surface area contributed by atoms with Gasteiger partial charge in [-0.15, -0.1) is 11.3 Å². The molecule has 0 spiro atoms. The fourth-order valence-corrected chi connectivity index (χ4v) is 4.49. The SMILES string of the molecule is O=C(CCc1ccccc1)N1CCN(Cc2csc(-c3ccc(Cl)cc3)n2)CC1. The Kier molecular flexibility index (Phi) is 6.60. The first-order valence-electron chi connectivity index (χ1n) is 9.92. The van der Waals surface area contributed by atoms with Gasteiger partial charge < -0.3 is 4.90 Å². The Morgan fingerprint density at radius 3 is 2.45 bits per heavy atom. The van der Waals surface area contributed by atoms with Crippen molar-refractivity contribution in [1.82, 2.24) is 14.8 Å². The summed E-state index contributed by atoms with van der Waals surface area (Å²) in [6.07, 6.45) is 1.40. The van der Waals surface area contributed by atoms with Crippen LogP contribution in [0.15, 0.2) is 60.0 Å². The van der Waals surface area contributed by atoms with Gasteiger partial charge in [-0.1, -0.05) is 54.1 Å². The van der Waals surface area contributed by atoms with Gasteiger partial charge in [-0.2, -0.15) is 0 Å². The van der Waals surface area contributed by atoms with Gasteiger partial charge in [0.15, 0.2) is 0 Å². The summed E-state index contributed by atoms with van der Waals surface area (Å²) in [6.45, 7) is 4.20. The fourth-order valence-electron chi connectivity index (χ4n) is 3.54. The van der Waals surface area contributed by atoms with E-state index in [0.717, 1.165) is 60.4 Å². The molecule has 6 heteroatoms. The van der Waals surface area contributed by atoms with Crippen LogP contribution in [0, 0.1) is 0 Å². The largest absolute Gasteiger partial charge is 0.340 e. The minimum absolute atomic E-state index is 0.257. The van der Waals surface area contributed by atoms with E-state index in [-0.39, 0.29) is 5.91 Å². The van der Waals surface area contributed by atoms with E-state index in [4.69, 9.17) is 16.6 Å². The van der Waals surface area contributed by atoms with E-state index in [1.165, 1.54) is 5.56 Å². The third-order valence-corrected chi connectivity index (χ3v) is 6.42. The van der Waals surface area contributed by atoms with Crippen molar-refractivity contribution in [3.8, 4) is 10.6 Å². The summed E-state index contributed by atoms with van der Waals surface area (Å²) in [5, 5.41) is 3.88. The molecule has 4 rings (SSSR count). The first kappa shape index (κ1) is 20.1. The topological polar surface area (TPSA) is 36.4 Å². The third-order valence-electron chi connectivity index (χ3n) is 5.22. The summed E-state index contributed by atoms with van der Waals surface area (Å²) in [7, 11) is 0. The zero-order valence-electron chi connectivity index (χ0n) is 16.3. The lowest BCUT2D eigenvalue weighted by atomic mass is 10.1. The van der Waals surface area contributed by atoms with Crippen LogP contribution in [0.5, 0.6) is 0 Å². The Labute approximate surface area is 180 Å². The van der Waals surface area contributed by atoms with E-state index in [2.05, 4.69) is 22.4 Å². The molecule has 1 aliphatic heterocycles. The lowest BCUT2D eigenvalue weighted by Crippen LogP contribution is -2.48. The van der Waals surface area contributed by atoms with Crippen LogP contribution in [0.4, 0.5) is 0 Å². The second-order valence-corrected chi connectivity index (χ2v) is 8.59. The summed E-state index contributed by atoms with van der Waals surface area (Å²) >= 11 is 7.63. The number of rotatable bonds is 6. The van der Waals surface area contributed by atoms with Crippen LogP contribution in [-0.2, 0) is 17.8 Å². The summed E-state index contributed by atoms with van der Waals surface area (Å²) in [5.74, 6) is 0.257. The van der Waals surface area contributed by atoms with Crippen LogP contribution in [0.1, 0.15) is 17.7 Å². The molecule has 0 N–H and O–H groups in total. The number of piperazine rings is 1. The molecule has 1 amide bonds. The van der Waals surface area contributed by atoms with E-state index < -0.39 is 0 Å². The highest BCUT2D eigenvalue weighted by Crippen LogP contribution is 2.25. The molecule has 0 bridgehead atoms. The van der Waals surface area contributed by atoms with Crippen LogP contribution in [0.25, 0.3) is 10.6 Å². The Balaban J connectivity index is 1.25. The predicted octanol–water partition coefficient (Wildman–Crippen LogP) is 4.74. The van der Waals surface area contributed by atoms with Crippen LogP contribution < -0.4 is 0 Å². The molecule has 4 nitrogen and oxygen atoms in total. The van der Waals surface area contributed by atoms with Gasteiger partial charge in [-0.25, -0.2) is 4.98 Å². The average Bonchev–Trinajstić information content (AvgIpc) is 3.22. The Morgan fingerprint density at radius 1 is 1.00 bits per heavy atom. The first-order chi connectivity index (χ1) is 14.2. The molecule has 0 radical (unpaired) electrons. The minimum Gasteiger partial charge on any atom is -0.340 e. The van der Waals surface area contributed by atoms with E-state index >= 15 is 0 Å². The predicted molar refractivity (Wildman–Crippen MR) is 119 cm³/mol. The van der Waals surface area contributed by atoms with Crippen LogP contribution >= 0.6 is 22.9 Å². The van der Waals surface area contributed by atoms with Gasteiger partial charge in [-0.05, 0) is 24.1 Å². The van der Waals surface area contributed by atoms with Crippen LogP contribution in [-0.4, -0.2) is 46.9 Å². The number of amides is 1. The Bertz CT molecular complexity index is 934. The number of aromatic nitrogens is 1. The Hall–Kier alpha value is -2.21. The molecule has 0 aliphatic carbocycles. The molecule has 150 valence electrons. The zero-order chi connectivity index (χ0) is 20.1. The van der Waals surface area contributed by atoms with Gasteiger partial charge in [0, 0.05) is 55.1 Å². The van der Waals surface area contributed by atoms with E-state index in [1.807, 2.05) is 47.4 Å². The number of thiazole rings is 1. The molecule has 29 heavy (non-hydrogen) atoms. The fraction of sp³-hybridized carbons (Fsp3) is 0.304. The van der Waals surface area contributed by atoms with Crippen molar-refractivity contribution in [2.24, 2.45) is 0 Å². The number of carbonyl (C=O) groups is 1. The van der Waals surface area contributed by atoms with Gasteiger partial charge in [0.1, 0.15) is 5.01 Å². The van der Waals surface area contributed by atoms with Crippen molar-refractivity contribution in [1.29, 1.82) is 0 Å². The molecular weight excluding hydrogens is 402 g/mol. The van der Waals surface area contributed by atoms with Crippen molar-refractivity contribution < 1.29 is 4.79 Å². The van der Waals surface area contributed by atoms with Crippen molar-refractivity contribution in [2.75, 3.05) is 26.2 Å². The third kappa shape index (κ3) is 5.44. The quantitative estimate of drug-likeness (QED) is 0.572. The van der Waals surface area contributed by atoms with Crippen molar-refractivity contribution >= 4 is 28.8 Å². The number of halogens is 1. The van der Waals surface area contributed by atoms with Gasteiger partial charge in [0.05, 0.1) is 5.69 Å². The lowest BCUT2D eigenvalue weighted by Gasteiger charge is -2.34. The molecule has 1 aromatic heterocycles. The molecule has 1 saturated heterocycles. The maximum absolute atomic E-state index is 12.5. The molecule has 0 saturated carbocycles. The first-order valence-corrected chi connectivity index (χ1v) is 11.2. The van der Waals surface area contributed by atoms with Crippen molar-refractivity contribution in [2.45, 2.75) is 19.4 Å². The van der Waals surface area contributed by atoms with E-state index in [1.54, 1.807) is 11.3 Å². The monoisotopic (exact) mass is 425 g/mol. The van der Waals surface area contributed by atoms with Gasteiger partial charge in [-0.3, -0.25) is 9.69 Å².